The average molecular weight is 219 g/mol. The minimum absolute atomic E-state index is 0.00658. The molecule has 1 aliphatic carbocycles. The van der Waals surface area contributed by atoms with E-state index in [1.165, 1.54) is 5.06 Å². The van der Waals surface area contributed by atoms with Crippen molar-refractivity contribution in [3.8, 4) is 5.75 Å². The lowest BCUT2D eigenvalue weighted by molar-refractivity contribution is -0.119. The second-order valence-corrected chi connectivity index (χ2v) is 4.36. The number of carbonyl (C=O) groups excluding carboxylic acids is 1. The van der Waals surface area contributed by atoms with E-state index < -0.39 is 0 Å². The molecule has 0 radical (unpaired) electrons. The lowest BCUT2D eigenvalue weighted by Crippen LogP contribution is -2.23. The number of nitrogens with zero attached hydrogens (tertiary/aromatic N) is 1. The summed E-state index contributed by atoms with van der Waals surface area (Å²) < 4.78 is 0. The monoisotopic (exact) mass is 219 g/mol. The van der Waals surface area contributed by atoms with Gasteiger partial charge in [0.25, 0.3) is 5.91 Å². The SMILES string of the molecule is O=C1CC(C2CC2)ON1c1ccccc1O. The molecule has 84 valence electrons. The highest BCUT2D eigenvalue weighted by Gasteiger charge is 2.42. The third-order valence-corrected chi connectivity index (χ3v) is 3.09. The molecule has 1 heterocycles. The highest BCUT2D eigenvalue weighted by atomic mass is 16.7. The van der Waals surface area contributed by atoms with Crippen LogP contribution in [0.4, 0.5) is 5.69 Å². The van der Waals surface area contributed by atoms with Gasteiger partial charge in [0, 0.05) is 0 Å². The van der Waals surface area contributed by atoms with E-state index in [0.29, 0.717) is 18.0 Å². The van der Waals surface area contributed by atoms with Gasteiger partial charge in [-0.25, -0.2) is 0 Å². The Morgan fingerprint density at radius 1 is 1.31 bits per heavy atom. The van der Waals surface area contributed by atoms with Crippen LogP contribution in [-0.4, -0.2) is 17.1 Å². The largest absolute Gasteiger partial charge is 0.506 e. The Bertz CT molecular complexity index is 428. The first kappa shape index (κ1) is 9.66. The number of phenols is 1. The Labute approximate surface area is 93.4 Å². The maximum Gasteiger partial charge on any atom is 0.253 e. The number of para-hydroxylation sites is 2. The molecule has 4 heteroatoms. The van der Waals surface area contributed by atoms with E-state index >= 15 is 0 Å². The van der Waals surface area contributed by atoms with Crippen LogP contribution in [0.25, 0.3) is 0 Å². The average Bonchev–Trinajstić information content (AvgIpc) is 3.04. The Hall–Kier alpha value is -1.55. The molecule has 16 heavy (non-hydrogen) atoms. The second kappa shape index (κ2) is 3.49. The summed E-state index contributed by atoms with van der Waals surface area (Å²) in [6, 6.07) is 6.73. The lowest BCUT2D eigenvalue weighted by Gasteiger charge is -2.16. The van der Waals surface area contributed by atoms with Crippen molar-refractivity contribution in [1.82, 2.24) is 0 Å². The van der Waals surface area contributed by atoms with E-state index in [2.05, 4.69) is 0 Å². The van der Waals surface area contributed by atoms with E-state index in [1.54, 1.807) is 24.3 Å². The zero-order valence-corrected chi connectivity index (χ0v) is 8.80. The molecular formula is C12H13NO3. The molecule has 0 spiro atoms. The Morgan fingerprint density at radius 2 is 2.06 bits per heavy atom. The van der Waals surface area contributed by atoms with Crippen LogP contribution in [-0.2, 0) is 9.63 Å². The highest BCUT2D eigenvalue weighted by molar-refractivity contribution is 5.94. The summed E-state index contributed by atoms with van der Waals surface area (Å²) in [5, 5.41) is 10.9. The van der Waals surface area contributed by atoms with Crippen LogP contribution in [0.1, 0.15) is 19.3 Å². The smallest absolute Gasteiger partial charge is 0.253 e. The van der Waals surface area contributed by atoms with Crippen molar-refractivity contribution in [3.05, 3.63) is 24.3 Å². The van der Waals surface area contributed by atoms with Crippen molar-refractivity contribution in [2.75, 3.05) is 5.06 Å². The molecule has 2 fully saturated rings. The van der Waals surface area contributed by atoms with Gasteiger partial charge in [-0.3, -0.25) is 9.63 Å². The number of hydrogen-bond donors (Lipinski definition) is 1. The van der Waals surface area contributed by atoms with Gasteiger partial charge in [0.1, 0.15) is 11.4 Å². The number of hydroxylamine groups is 1. The third-order valence-electron chi connectivity index (χ3n) is 3.09. The zero-order chi connectivity index (χ0) is 11.1. The molecule has 1 amide bonds. The maximum absolute atomic E-state index is 11.8. The molecule has 1 saturated carbocycles. The number of hydrogen-bond acceptors (Lipinski definition) is 3. The Morgan fingerprint density at radius 3 is 2.75 bits per heavy atom. The first-order valence-corrected chi connectivity index (χ1v) is 5.53. The molecule has 1 aliphatic heterocycles. The van der Waals surface area contributed by atoms with Gasteiger partial charge in [0.05, 0.1) is 12.5 Å². The number of aromatic hydroxyl groups is 1. The fraction of sp³-hybridized carbons (Fsp3) is 0.417. The van der Waals surface area contributed by atoms with Crippen molar-refractivity contribution in [2.24, 2.45) is 5.92 Å². The minimum Gasteiger partial charge on any atom is -0.506 e. The summed E-state index contributed by atoms with van der Waals surface area (Å²) in [6.45, 7) is 0. The summed E-state index contributed by atoms with van der Waals surface area (Å²) in [7, 11) is 0. The summed E-state index contributed by atoms with van der Waals surface area (Å²) in [6.07, 6.45) is 2.73. The van der Waals surface area contributed by atoms with Crippen LogP contribution in [0.3, 0.4) is 0 Å². The lowest BCUT2D eigenvalue weighted by atomic mass is 10.2. The van der Waals surface area contributed by atoms with Crippen LogP contribution in [0.2, 0.25) is 0 Å². The van der Waals surface area contributed by atoms with E-state index in [4.69, 9.17) is 4.84 Å². The molecule has 1 aromatic carbocycles. The van der Waals surface area contributed by atoms with E-state index in [1.807, 2.05) is 0 Å². The van der Waals surface area contributed by atoms with Crippen LogP contribution in [0.15, 0.2) is 24.3 Å². The second-order valence-electron chi connectivity index (χ2n) is 4.36. The molecule has 2 aliphatic rings. The minimum atomic E-state index is -0.0709. The van der Waals surface area contributed by atoms with Gasteiger partial charge in [0.2, 0.25) is 0 Å². The van der Waals surface area contributed by atoms with Crippen LogP contribution in [0.5, 0.6) is 5.75 Å². The molecule has 0 aromatic heterocycles. The van der Waals surface area contributed by atoms with E-state index in [9.17, 15) is 9.90 Å². The molecule has 4 nitrogen and oxygen atoms in total. The van der Waals surface area contributed by atoms with E-state index in [-0.39, 0.29) is 17.8 Å². The summed E-state index contributed by atoms with van der Waals surface area (Å²) in [5.74, 6) is 0.533. The molecule has 1 saturated heterocycles. The summed E-state index contributed by atoms with van der Waals surface area (Å²) >= 11 is 0. The predicted octanol–water partition coefficient (Wildman–Crippen LogP) is 1.84. The highest BCUT2D eigenvalue weighted by Crippen LogP contribution is 2.41. The number of rotatable bonds is 2. The van der Waals surface area contributed by atoms with Crippen LogP contribution < -0.4 is 5.06 Å². The predicted molar refractivity (Wildman–Crippen MR) is 57.8 cm³/mol. The van der Waals surface area contributed by atoms with Gasteiger partial charge in [-0.05, 0) is 30.9 Å². The van der Waals surface area contributed by atoms with Crippen molar-refractivity contribution in [2.45, 2.75) is 25.4 Å². The fourth-order valence-corrected chi connectivity index (χ4v) is 2.03. The first-order chi connectivity index (χ1) is 7.75. The van der Waals surface area contributed by atoms with Gasteiger partial charge in [-0.2, -0.15) is 5.06 Å². The topological polar surface area (TPSA) is 49.8 Å². The zero-order valence-electron chi connectivity index (χ0n) is 8.80. The van der Waals surface area contributed by atoms with Crippen molar-refractivity contribution in [3.63, 3.8) is 0 Å². The number of anilines is 1. The van der Waals surface area contributed by atoms with Crippen molar-refractivity contribution in [1.29, 1.82) is 0 Å². The number of amides is 1. The first-order valence-electron chi connectivity index (χ1n) is 5.53. The third kappa shape index (κ3) is 1.55. The van der Waals surface area contributed by atoms with Crippen molar-refractivity contribution < 1.29 is 14.7 Å². The molecule has 1 atom stereocenters. The number of benzene rings is 1. The van der Waals surface area contributed by atoms with Crippen molar-refractivity contribution >= 4 is 11.6 Å². The van der Waals surface area contributed by atoms with Crippen LogP contribution in [0, 0.1) is 5.92 Å². The Kier molecular flexibility index (Phi) is 2.11. The van der Waals surface area contributed by atoms with Crippen LogP contribution >= 0.6 is 0 Å². The number of phenolic OH excluding ortho intramolecular Hbond substituents is 1. The number of carbonyl (C=O) groups is 1. The summed E-state index contributed by atoms with van der Waals surface area (Å²) in [5.41, 5.74) is 0.440. The van der Waals surface area contributed by atoms with E-state index in [0.717, 1.165) is 12.8 Å². The summed E-state index contributed by atoms with van der Waals surface area (Å²) in [4.78, 5) is 17.3. The van der Waals surface area contributed by atoms with Gasteiger partial charge in [-0.15, -0.1) is 0 Å². The fourth-order valence-electron chi connectivity index (χ4n) is 2.03. The molecule has 1 aromatic rings. The normalized spacial score (nSPS) is 25.1. The molecule has 3 rings (SSSR count). The maximum atomic E-state index is 11.8. The quantitative estimate of drug-likeness (QED) is 0.825. The molecular weight excluding hydrogens is 206 g/mol. The Balaban J connectivity index is 1.85. The molecule has 0 bridgehead atoms. The molecule has 1 N–H and O–H groups in total. The van der Waals surface area contributed by atoms with Gasteiger partial charge >= 0.3 is 0 Å². The standard InChI is InChI=1S/C12H13NO3/c14-10-4-2-1-3-9(10)13-12(15)7-11(16-13)8-5-6-8/h1-4,8,11,14H,5-7H2. The molecule has 1 unspecified atom stereocenters. The van der Waals surface area contributed by atoms with Gasteiger partial charge in [-0.1, -0.05) is 12.1 Å². The van der Waals surface area contributed by atoms with Gasteiger partial charge < -0.3 is 5.11 Å². The van der Waals surface area contributed by atoms with Gasteiger partial charge in [0.15, 0.2) is 0 Å².